The summed E-state index contributed by atoms with van der Waals surface area (Å²) in [5.41, 5.74) is 0.840. The zero-order valence-corrected chi connectivity index (χ0v) is 14.3. The number of rotatable bonds is 2. The van der Waals surface area contributed by atoms with Crippen molar-refractivity contribution in [3.8, 4) is 0 Å². The van der Waals surface area contributed by atoms with Crippen molar-refractivity contribution in [2.45, 2.75) is 32.4 Å². The molecule has 0 atom stereocenters. The average Bonchev–Trinajstić information content (AvgIpc) is 2.87. The van der Waals surface area contributed by atoms with E-state index in [-0.39, 0.29) is 18.1 Å². The summed E-state index contributed by atoms with van der Waals surface area (Å²) in [6, 6.07) is 5.50. The molecule has 3 rings (SSSR count). The normalized spacial score (nSPS) is 15.2. The fourth-order valence-corrected chi connectivity index (χ4v) is 2.74. The number of likely N-dealkylation sites (tertiary alicyclic amines) is 1. The highest BCUT2D eigenvalue weighted by molar-refractivity contribution is 6.03. The van der Waals surface area contributed by atoms with Gasteiger partial charge in [0.05, 0.1) is 30.4 Å². The molecule has 0 radical (unpaired) electrons. The molecule has 1 fully saturated rings. The summed E-state index contributed by atoms with van der Waals surface area (Å²) >= 11 is 0. The second-order valence-corrected chi connectivity index (χ2v) is 6.86. The van der Waals surface area contributed by atoms with Gasteiger partial charge in [-0.15, -0.1) is 0 Å². The third-order valence-electron chi connectivity index (χ3n) is 3.91. The third-order valence-corrected chi connectivity index (χ3v) is 3.91. The molecule has 24 heavy (non-hydrogen) atoms. The van der Waals surface area contributed by atoms with E-state index in [0.29, 0.717) is 18.7 Å². The van der Waals surface area contributed by atoms with Crippen molar-refractivity contribution in [3.63, 3.8) is 0 Å². The van der Waals surface area contributed by atoms with Crippen molar-refractivity contribution in [1.82, 2.24) is 14.7 Å². The van der Waals surface area contributed by atoms with Gasteiger partial charge in [-0.25, -0.2) is 9.59 Å². The van der Waals surface area contributed by atoms with Gasteiger partial charge in [0, 0.05) is 18.5 Å². The number of hydrogen-bond acceptors (Lipinski definition) is 5. The quantitative estimate of drug-likeness (QED) is 0.791. The second kappa shape index (κ2) is 5.81. The number of methoxy groups -OCH3 is 1. The maximum atomic E-state index is 12.0. The number of fused-ring (bicyclic) bond motifs is 1. The summed E-state index contributed by atoms with van der Waals surface area (Å²) in [5.74, 6) is -0.385. The number of nitrogens with zero attached hydrogens (tertiary/aromatic N) is 3. The van der Waals surface area contributed by atoms with E-state index in [1.807, 2.05) is 31.5 Å². The summed E-state index contributed by atoms with van der Waals surface area (Å²) in [7, 11) is 1.36. The Morgan fingerprint density at radius 1 is 1.25 bits per heavy atom. The minimum absolute atomic E-state index is 0.0721. The number of amides is 1. The lowest BCUT2D eigenvalue weighted by Crippen LogP contribution is -2.52. The molecule has 0 bridgehead atoms. The van der Waals surface area contributed by atoms with Gasteiger partial charge in [-0.05, 0) is 32.9 Å². The van der Waals surface area contributed by atoms with E-state index in [1.54, 1.807) is 23.2 Å². The first-order chi connectivity index (χ1) is 11.3. The molecular weight excluding hydrogens is 310 g/mol. The fourth-order valence-electron chi connectivity index (χ4n) is 2.74. The van der Waals surface area contributed by atoms with Gasteiger partial charge in [-0.1, -0.05) is 6.07 Å². The lowest BCUT2D eigenvalue weighted by Gasteiger charge is -2.39. The standard InChI is InChI=1S/C17H21N3O4/c1-17(2,3)24-16(22)19-9-11(10-19)20-14-7-5-6-12(15(21)23-4)13(14)8-18-20/h5-8,11H,9-10H2,1-4H3. The predicted molar refractivity (Wildman–Crippen MR) is 87.9 cm³/mol. The van der Waals surface area contributed by atoms with Gasteiger partial charge >= 0.3 is 12.1 Å². The smallest absolute Gasteiger partial charge is 0.410 e. The number of esters is 1. The molecule has 0 spiro atoms. The van der Waals surface area contributed by atoms with Gasteiger partial charge < -0.3 is 14.4 Å². The van der Waals surface area contributed by atoms with E-state index in [0.717, 1.165) is 10.9 Å². The monoisotopic (exact) mass is 331 g/mol. The Morgan fingerprint density at radius 3 is 2.58 bits per heavy atom. The Balaban J connectivity index is 1.76. The van der Waals surface area contributed by atoms with Gasteiger partial charge in [0.2, 0.25) is 0 Å². The van der Waals surface area contributed by atoms with Gasteiger partial charge in [0.25, 0.3) is 0 Å². The zero-order valence-electron chi connectivity index (χ0n) is 14.3. The highest BCUT2D eigenvalue weighted by Crippen LogP contribution is 2.28. The van der Waals surface area contributed by atoms with Crippen LogP contribution in [-0.2, 0) is 9.47 Å². The third kappa shape index (κ3) is 2.93. The van der Waals surface area contributed by atoms with Crippen LogP contribution in [0.3, 0.4) is 0 Å². The highest BCUT2D eigenvalue weighted by Gasteiger charge is 2.36. The lowest BCUT2D eigenvalue weighted by atomic mass is 10.1. The number of aromatic nitrogens is 2. The average molecular weight is 331 g/mol. The topological polar surface area (TPSA) is 73.7 Å². The summed E-state index contributed by atoms with van der Waals surface area (Å²) in [4.78, 5) is 25.5. The molecule has 0 aliphatic carbocycles. The molecule has 0 N–H and O–H groups in total. The number of ether oxygens (including phenoxy) is 2. The number of benzene rings is 1. The van der Waals surface area contributed by atoms with E-state index in [4.69, 9.17) is 9.47 Å². The van der Waals surface area contributed by atoms with Crippen LogP contribution in [-0.4, -0.2) is 52.5 Å². The molecule has 7 heteroatoms. The Labute approximate surface area is 140 Å². The van der Waals surface area contributed by atoms with Crippen molar-refractivity contribution in [2.24, 2.45) is 0 Å². The molecule has 2 heterocycles. The zero-order chi connectivity index (χ0) is 17.5. The van der Waals surface area contributed by atoms with E-state index < -0.39 is 5.60 Å². The summed E-state index contributed by atoms with van der Waals surface area (Å²) < 4.78 is 12.0. The molecule has 1 aromatic carbocycles. The Kier molecular flexibility index (Phi) is 3.95. The summed E-state index contributed by atoms with van der Waals surface area (Å²) in [6.07, 6.45) is 1.35. The first-order valence-electron chi connectivity index (χ1n) is 7.82. The SMILES string of the molecule is COC(=O)c1cccc2c1cnn2C1CN(C(=O)OC(C)(C)C)C1. The second-order valence-electron chi connectivity index (χ2n) is 6.86. The first kappa shape index (κ1) is 16.3. The molecule has 0 saturated carbocycles. The lowest BCUT2D eigenvalue weighted by molar-refractivity contribution is 0.000152. The maximum absolute atomic E-state index is 12.0. The van der Waals surface area contributed by atoms with Crippen LogP contribution in [0.2, 0.25) is 0 Å². The molecule has 1 aliphatic heterocycles. The maximum Gasteiger partial charge on any atom is 0.410 e. The van der Waals surface area contributed by atoms with Gasteiger partial charge in [0.15, 0.2) is 0 Å². The van der Waals surface area contributed by atoms with E-state index in [9.17, 15) is 9.59 Å². The molecular formula is C17H21N3O4. The van der Waals surface area contributed by atoms with E-state index >= 15 is 0 Å². The van der Waals surface area contributed by atoms with Crippen LogP contribution in [0.15, 0.2) is 24.4 Å². The van der Waals surface area contributed by atoms with Gasteiger partial charge in [-0.3, -0.25) is 4.68 Å². The van der Waals surface area contributed by atoms with Crippen LogP contribution >= 0.6 is 0 Å². The molecule has 1 aromatic heterocycles. The van der Waals surface area contributed by atoms with Crippen LogP contribution in [0.4, 0.5) is 4.79 Å². The van der Waals surface area contributed by atoms with Crippen LogP contribution < -0.4 is 0 Å². The van der Waals surface area contributed by atoms with Crippen molar-refractivity contribution in [1.29, 1.82) is 0 Å². The Bertz CT molecular complexity index is 785. The molecule has 128 valence electrons. The van der Waals surface area contributed by atoms with Gasteiger partial charge in [0.1, 0.15) is 5.60 Å². The summed E-state index contributed by atoms with van der Waals surface area (Å²) in [6.45, 7) is 6.61. The van der Waals surface area contributed by atoms with E-state index in [2.05, 4.69) is 5.10 Å². The Morgan fingerprint density at radius 2 is 1.96 bits per heavy atom. The summed E-state index contributed by atoms with van der Waals surface area (Å²) in [5, 5.41) is 5.14. The fraction of sp³-hybridized carbons (Fsp3) is 0.471. The van der Waals surface area contributed by atoms with Crippen LogP contribution in [0.1, 0.15) is 37.2 Å². The minimum Gasteiger partial charge on any atom is -0.465 e. The highest BCUT2D eigenvalue weighted by atomic mass is 16.6. The first-order valence-corrected chi connectivity index (χ1v) is 7.82. The molecule has 0 unspecified atom stereocenters. The van der Waals surface area contributed by atoms with Crippen LogP contribution in [0, 0.1) is 0 Å². The Hall–Kier alpha value is -2.57. The molecule has 1 saturated heterocycles. The molecule has 1 amide bonds. The largest absolute Gasteiger partial charge is 0.465 e. The van der Waals surface area contributed by atoms with Crippen LogP contribution in [0.5, 0.6) is 0 Å². The minimum atomic E-state index is -0.504. The molecule has 1 aliphatic rings. The van der Waals surface area contributed by atoms with Crippen LogP contribution in [0.25, 0.3) is 10.9 Å². The number of carbonyl (C=O) groups excluding carboxylic acids is 2. The number of hydrogen-bond donors (Lipinski definition) is 0. The number of carbonyl (C=O) groups is 2. The predicted octanol–water partition coefficient (Wildman–Crippen LogP) is 2.61. The van der Waals surface area contributed by atoms with Crippen molar-refractivity contribution < 1.29 is 19.1 Å². The van der Waals surface area contributed by atoms with E-state index in [1.165, 1.54) is 7.11 Å². The van der Waals surface area contributed by atoms with Crippen molar-refractivity contribution in [2.75, 3.05) is 20.2 Å². The van der Waals surface area contributed by atoms with Crippen molar-refractivity contribution >= 4 is 23.0 Å². The molecule has 7 nitrogen and oxygen atoms in total. The molecule has 2 aromatic rings. The van der Waals surface area contributed by atoms with Gasteiger partial charge in [-0.2, -0.15) is 5.10 Å². The van der Waals surface area contributed by atoms with Crippen molar-refractivity contribution in [3.05, 3.63) is 30.0 Å².